The lowest BCUT2D eigenvalue weighted by Gasteiger charge is -2.18. The van der Waals surface area contributed by atoms with Gasteiger partial charge in [-0.25, -0.2) is 0 Å². The van der Waals surface area contributed by atoms with Gasteiger partial charge < -0.3 is 5.32 Å². The highest BCUT2D eigenvalue weighted by atomic mass is 79.9. The van der Waals surface area contributed by atoms with Gasteiger partial charge in [-0.2, -0.15) is 5.10 Å². The van der Waals surface area contributed by atoms with Crippen LogP contribution in [0, 0.1) is 6.92 Å². The van der Waals surface area contributed by atoms with Crippen molar-refractivity contribution in [3.63, 3.8) is 0 Å². The third kappa shape index (κ3) is 3.30. The Balaban J connectivity index is 2.22. The molecule has 2 aromatic rings. The first kappa shape index (κ1) is 15.3. The molecule has 0 fully saturated rings. The lowest BCUT2D eigenvalue weighted by Crippen LogP contribution is -2.20. The van der Waals surface area contributed by atoms with Crippen LogP contribution in [0.3, 0.4) is 0 Å². The van der Waals surface area contributed by atoms with E-state index >= 15 is 0 Å². The van der Waals surface area contributed by atoms with Gasteiger partial charge in [0.05, 0.1) is 5.69 Å². The Morgan fingerprint density at radius 1 is 1.30 bits per heavy atom. The Morgan fingerprint density at radius 2 is 2.05 bits per heavy atom. The van der Waals surface area contributed by atoms with Crippen LogP contribution in [0.25, 0.3) is 0 Å². The molecular formula is C16H22BrN3. The van der Waals surface area contributed by atoms with Crippen molar-refractivity contribution in [1.82, 2.24) is 15.1 Å². The smallest absolute Gasteiger partial charge is 0.0643 e. The molecule has 2 rings (SSSR count). The van der Waals surface area contributed by atoms with Crippen LogP contribution in [0.4, 0.5) is 0 Å². The van der Waals surface area contributed by atoms with Gasteiger partial charge in [-0.1, -0.05) is 28.1 Å². The van der Waals surface area contributed by atoms with E-state index in [1.54, 1.807) is 0 Å². The fraction of sp³-hybridized carbons (Fsp3) is 0.438. The summed E-state index contributed by atoms with van der Waals surface area (Å²) >= 11 is 3.60. The number of hydrogen-bond donors (Lipinski definition) is 1. The zero-order valence-corrected chi connectivity index (χ0v) is 14.1. The van der Waals surface area contributed by atoms with Crippen molar-refractivity contribution in [3.8, 4) is 0 Å². The van der Waals surface area contributed by atoms with Gasteiger partial charge in [0, 0.05) is 29.2 Å². The lowest BCUT2D eigenvalue weighted by molar-refractivity contribution is 0.514. The molecule has 108 valence electrons. The van der Waals surface area contributed by atoms with Crippen LogP contribution in [0.15, 0.2) is 34.9 Å². The Labute approximate surface area is 129 Å². The van der Waals surface area contributed by atoms with Gasteiger partial charge in [0.25, 0.3) is 0 Å². The highest BCUT2D eigenvalue weighted by Crippen LogP contribution is 2.26. The standard InChI is InChI=1S/C16H22BrN3/c1-11(2)20-9-8-13(19-20)10-16(18-4)14-6-5-7-15(17)12(14)3/h5-9,11,16,18H,10H2,1-4H3. The number of hydrogen-bond acceptors (Lipinski definition) is 2. The SMILES string of the molecule is CNC(Cc1ccn(C(C)C)n1)c1cccc(Br)c1C. The number of halogens is 1. The van der Waals surface area contributed by atoms with Crippen molar-refractivity contribution in [2.45, 2.75) is 39.3 Å². The van der Waals surface area contributed by atoms with E-state index in [0.717, 1.165) is 16.6 Å². The second kappa shape index (κ2) is 6.55. The monoisotopic (exact) mass is 335 g/mol. The van der Waals surface area contributed by atoms with Crippen LogP contribution < -0.4 is 5.32 Å². The van der Waals surface area contributed by atoms with Gasteiger partial charge in [0.1, 0.15) is 0 Å². The van der Waals surface area contributed by atoms with Gasteiger partial charge in [0.2, 0.25) is 0 Å². The first-order valence-corrected chi connectivity index (χ1v) is 7.78. The fourth-order valence-electron chi connectivity index (χ4n) is 2.35. The molecule has 1 N–H and O–H groups in total. The van der Waals surface area contributed by atoms with E-state index in [1.165, 1.54) is 11.1 Å². The van der Waals surface area contributed by atoms with E-state index in [9.17, 15) is 0 Å². The molecule has 1 aromatic carbocycles. The number of likely N-dealkylation sites (N-methyl/N-ethyl adjacent to an activating group) is 1. The quantitative estimate of drug-likeness (QED) is 0.893. The maximum atomic E-state index is 4.64. The molecule has 0 spiro atoms. The number of nitrogens with one attached hydrogen (secondary N) is 1. The van der Waals surface area contributed by atoms with E-state index in [2.05, 4.69) is 77.6 Å². The zero-order chi connectivity index (χ0) is 14.7. The van der Waals surface area contributed by atoms with Gasteiger partial charge in [-0.05, 0) is 51.1 Å². The van der Waals surface area contributed by atoms with E-state index in [-0.39, 0.29) is 6.04 Å². The van der Waals surface area contributed by atoms with E-state index < -0.39 is 0 Å². The molecular weight excluding hydrogens is 314 g/mol. The molecule has 4 heteroatoms. The van der Waals surface area contributed by atoms with Crippen LogP contribution in [-0.2, 0) is 6.42 Å². The largest absolute Gasteiger partial charge is 0.313 e. The second-order valence-electron chi connectivity index (χ2n) is 5.38. The molecule has 20 heavy (non-hydrogen) atoms. The van der Waals surface area contributed by atoms with Crippen LogP contribution >= 0.6 is 15.9 Å². The minimum atomic E-state index is 0.281. The minimum Gasteiger partial charge on any atom is -0.313 e. The molecule has 0 bridgehead atoms. The van der Waals surface area contributed by atoms with Crippen molar-refractivity contribution in [2.24, 2.45) is 0 Å². The number of aromatic nitrogens is 2. The second-order valence-corrected chi connectivity index (χ2v) is 6.23. The fourth-order valence-corrected chi connectivity index (χ4v) is 2.73. The maximum absolute atomic E-state index is 4.64. The summed E-state index contributed by atoms with van der Waals surface area (Å²) < 4.78 is 3.17. The molecule has 0 aliphatic rings. The Bertz CT molecular complexity index is 575. The van der Waals surface area contributed by atoms with Crippen LogP contribution in [-0.4, -0.2) is 16.8 Å². The van der Waals surface area contributed by atoms with Crippen LogP contribution in [0.5, 0.6) is 0 Å². The van der Waals surface area contributed by atoms with Crippen LogP contribution in [0.2, 0.25) is 0 Å². The molecule has 0 saturated heterocycles. The Kier molecular flexibility index (Phi) is 5.00. The third-order valence-corrected chi connectivity index (χ3v) is 4.50. The van der Waals surface area contributed by atoms with Gasteiger partial charge in [-0.3, -0.25) is 4.68 Å². The first-order valence-electron chi connectivity index (χ1n) is 6.99. The molecule has 0 aliphatic carbocycles. The van der Waals surface area contributed by atoms with Crippen molar-refractivity contribution >= 4 is 15.9 Å². The summed E-state index contributed by atoms with van der Waals surface area (Å²) in [7, 11) is 2.00. The normalized spacial score (nSPS) is 12.9. The van der Waals surface area contributed by atoms with Crippen molar-refractivity contribution in [3.05, 3.63) is 51.8 Å². The molecule has 0 saturated carbocycles. The molecule has 3 nitrogen and oxygen atoms in total. The molecule has 0 aliphatic heterocycles. The first-order chi connectivity index (χ1) is 9.52. The van der Waals surface area contributed by atoms with Gasteiger partial charge in [-0.15, -0.1) is 0 Å². The average molecular weight is 336 g/mol. The summed E-state index contributed by atoms with van der Waals surface area (Å²) in [5, 5.41) is 8.04. The lowest BCUT2D eigenvalue weighted by atomic mass is 9.98. The molecule has 0 radical (unpaired) electrons. The summed E-state index contributed by atoms with van der Waals surface area (Å²) in [5.74, 6) is 0. The van der Waals surface area contributed by atoms with E-state index in [1.807, 2.05) is 11.7 Å². The summed E-state index contributed by atoms with van der Waals surface area (Å²) in [5.41, 5.74) is 3.73. The van der Waals surface area contributed by atoms with Gasteiger partial charge >= 0.3 is 0 Å². The van der Waals surface area contributed by atoms with E-state index in [4.69, 9.17) is 0 Å². The summed E-state index contributed by atoms with van der Waals surface area (Å²) in [6, 6.07) is 9.15. The third-order valence-electron chi connectivity index (χ3n) is 3.64. The molecule has 1 atom stereocenters. The van der Waals surface area contributed by atoms with Gasteiger partial charge in [0.15, 0.2) is 0 Å². The minimum absolute atomic E-state index is 0.281. The number of benzene rings is 1. The van der Waals surface area contributed by atoms with Crippen molar-refractivity contribution < 1.29 is 0 Å². The van der Waals surface area contributed by atoms with Crippen LogP contribution in [0.1, 0.15) is 42.8 Å². The predicted molar refractivity (Wildman–Crippen MR) is 87.0 cm³/mol. The van der Waals surface area contributed by atoms with Crippen molar-refractivity contribution in [2.75, 3.05) is 7.05 Å². The summed E-state index contributed by atoms with van der Waals surface area (Å²) in [6.07, 6.45) is 2.95. The molecule has 0 amide bonds. The molecule has 1 aromatic heterocycles. The summed E-state index contributed by atoms with van der Waals surface area (Å²) in [6.45, 7) is 6.44. The summed E-state index contributed by atoms with van der Waals surface area (Å²) in [4.78, 5) is 0. The van der Waals surface area contributed by atoms with E-state index in [0.29, 0.717) is 6.04 Å². The zero-order valence-electron chi connectivity index (χ0n) is 12.5. The highest BCUT2D eigenvalue weighted by Gasteiger charge is 2.15. The molecule has 1 heterocycles. The maximum Gasteiger partial charge on any atom is 0.0643 e. The number of rotatable bonds is 5. The highest BCUT2D eigenvalue weighted by molar-refractivity contribution is 9.10. The number of nitrogens with zero attached hydrogens (tertiary/aromatic N) is 2. The topological polar surface area (TPSA) is 29.9 Å². The molecule has 1 unspecified atom stereocenters. The van der Waals surface area contributed by atoms with Crippen molar-refractivity contribution in [1.29, 1.82) is 0 Å². The Hall–Kier alpha value is -1.13. The average Bonchev–Trinajstić information content (AvgIpc) is 2.88. The Morgan fingerprint density at radius 3 is 2.65 bits per heavy atom. The predicted octanol–water partition coefficient (Wildman–Crippen LogP) is 4.04.